The van der Waals surface area contributed by atoms with E-state index in [1.165, 1.54) is 0 Å². The number of ether oxygens (including phenoxy) is 3. The van der Waals surface area contributed by atoms with E-state index < -0.39 is 6.29 Å². The first-order chi connectivity index (χ1) is 12.6. The Hall–Kier alpha value is -2.45. The van der Waals surface area contributed by atoms with Gasteiger partial charge in [-0.1, -0.05) is 17.3 Å². The number of hydrogen-bond donors (Lipinski definition) is 1. The lowest BCUT2D eigenvalue weighted by atomic mass is 10.1. The molecule has 0 spiro atoms. The second kappa shape index (κ2) is 9.88. The summed E-state index contributed by atoms with van der Waals surface area (Å²) in [7, 11) is 1.63. The van der Waals surface area contributed by atoms with Crippen LogP contribution in [0, 0.1) is 6.92 Å². The topological polar surface area (TPSA) is 87.5 Å². The molecule has 8 nitrogen and oxygen atoms in total. The number of aryl methyl sites for hydroxylation is 1. The van der Waals surface area contributed by atoms with Gasteiger partial charge in [-0.2, -0.15) is 0 Å². The van der Waals surface area contributed by atoms with Crippen LogP contribution in [-0.2, 0) is 22.6 Å². The van der Waals surface area contributed by atoms with Crippen molar-refractivity contribution < 1.29 is 19.0 Å². The van der Waals surface area contributed by atoms with Crippen LogP contribution in [0.4, 0.5) is 0 Å². The summed E-state index contributed by atoms with van der Waals surface area (Å²) in [4.78, 5) is 12.3. The van der Waals surface area contributed by atoms with Crippen LogP contribution in [0.25, 0.3) is 0 Å². The number of carbonyl (C=O) groups excluding carboxylic acids is 1. The van der Waals surface area contributed by atoms with Crippen molar-refractivity contribution in [2.45, 2.75) is 40.2 Å². The Morgan fingerprint density at radius 3 is 2.65 bits per heavy atom. The summed E-state index contributed by atoms with van der Waals surface area (Å²) in [6.07, 6.45) is 1.17. The molecular formula is C18H26N4O4. The van der Waals surface area contributed by atoms with E-state index in [9.17, 15) is 4.79 Å². The Kier molecular flexibility index (Phi) is 7.55. The molecule has 142 valence electrons. The van der Waals surface area contributed by atoms with Gasteiger partial charge in [-0.15, -0.1) is 5.10 Å². The van der Waals surface area contributed by atoms with Crippen molar-refractivity contribution in [1.82, 2.24) is 20.3 Å². The zero-order valence-corrected chi connectivity index (χ0v) is 15.7. The average molecular weight is 362 g/mol. The second-order valence-corrected chi connectivity index (χ2v) is 5.65. The number of carbonyl (C=O) groups is 1. The largest absolute Gasteiger partial charge is 0.496 e. The van der Waals surface area contributed by atoms with Gasteiger partial charge < -0.3 is 19.5 Å². The normalized spacial score (nSPS) is 11.0. The third-order valence-corrected chi connectivity index (χ3v) is 3.74. The Bertz CT molecular complexity index is 711. The zero-order valence-electron chi connectivity index (χ0n) is 15.7. The summed E-state index contributed by atoms with van der Waals surface area (Å²) < 4.78 is 17.8. The molecular weight excluding hydrogens is 336 g/mol. The van der Waals surface area contributed by atoms with Gasteiger partial charge in [-0.05, 0) is 38.0 Å². The molecule has 0 saturated carbocycles. The highest BCUT2D eigenvalue weighted by molar-refractivity contribution is 5.91. The van der Waals surface area contributed by atoms with Gasteiger partial charge in [0.05, 0.1) is 19.9 Å². The van der Waals surface area contributed by atoms with Crippen molar-refractivity contribution in [3.63, 3.8) is 0 Å². The maximum atomic E-state index is 12.3. The fraction of sp³-hybridized carbons (Fsp3) is 0.500. The van der Waals surface area contributed by atoms with E-state index in [0.717, 1.165) is 16.9 Å². The molecule has 1 aromatic carbocycles. The molecule has 26 heavy (non-hydrogen) atoms. The van der Waals surface area contributed by atoms with Crippen LogP contribution in [0.3, 0.4) is 0 Å². The van der Waals surface area contributed by atoms with Crippen LogP contribution in [0.15, 0.2) is 24.4 Å². The number of rotatable bonds is 10. The van der Waals surface area contributed by atoms with E-state index in [0.29, 0.717) is 26.3 Å². The van der Waals surface area contributed by atoms with Gasteiger partial charge in [0.1, 0.15) is 5.75 Å². The minimum atomic E-state index is -0.414. The summed E-state index contributed by atoms with van der Waals surface area (Å²) in [5.41, 5.74) is 2.24. The quantitative estimate of drug-likeness (QED) is 0.650. The Balaban J connectivity index is 1.93. The Labute approximate surface area is 153 Å². The molecule has 0 bridgehead atoms. The van der Waals surface area contributed by atoms with Crippen molar-refractivity contribution in [2.24, 2.45) is 0 Å². The van der Waals surface area contributed by atoms with Crippen LogP contribution in [0.1, 0.15) is 35.5 Å². The third-order valence-electron chi connectivity index (χ3n) is 3.74. The number of benzene rings is 1. The van der Waals surface area contributed by atoms with E-state index in [2.05, 4.69) is 15.6 Å². The monoisotopic (exact) mass is 362 g/mol. The van der Waals surface area contributed by atoms with Crippen LogP contribution in [0.5, 0.6) is 5.75 Å². The Morgan fingerprint density at radius 2 is 2.00 bits per heavy atom. The van der Waals surface area contributed by atoms with Crippen molar-refractivity contribution >= 4 is 5.91 Å². The van der Waals surface area contributed by atoms with Crippen LogP contribution < -0.4 is 10.1 Å². The summed E-state index contributed by atoms with van der Waals surface area (Å²) in [5.74, 6) is 0.501. The zero-order chi connectivity index (χ0) is 18.9. The van der Waals surface area contributed by atoms with Gasteiger partial charge in [-0.3, -0.25) is 4.79 Å². The molecule has 0 saturated heterocycles. The molecule has 0 fully saturated rings. The molecule has 0 unspecified atom stereocenters. The highest BCUT2D eigenvalue weighted by Crippen LogP contribution is 2.18. The molecule has 1 heterocycles. The first kappa shape index (κ1) is 19.9. The first-order valence-corrected chi connectivity index (χ1v) is 8.62. The van der Waals surface area contributed by atoms with Crippen molar-refractivity contribution in [3.05, 3.63) is 41.2 Å². The van der Waals surface area contributed by atoms with Gasteiger partial charge in [0.15, 0.2) is 12.0 Å². The highest BCUT2D eigenvalue weighted by atomic mass is 16.7. The molecule has 1 N–H and O–H groups in total. The second-order valence-electron chi connectivity index (χ2n) is 5.65. The standard InChI is InChI=1S/C18H26N4O4/c1-5-25-17(26-6-2)12-22-11-15(20-21-22)18(23)19-10-14-8-7-13(3)16(9-14)24-4/h7-9,11,17H,5-6,10,12H2,1-4H3,(H,19,23). The fourth-order valence-corrected chi connectivity index (χ4v) is 2.42. The molecule has 0 aliphatic carbocycles. The number of nitrogens with zero attached hydrogens (tertiary/aromatic N) is 3. The van der Waals surface area contributed by atoms with Crippen LogP contribution in [0.2, 0.25) is 0 Å². The molecule has 0 radical (unpaired) electrons. The Morgan fingerprint density at radius 1 is 1.27 bits per heavy atom. The van der Waals surface area contributed by atoms with E-state index in [1.807, 2.05) is 39.0 Å². The number of methoxy groups -OCH3 is 1. The molecule has 0 aliphatic rings. The van der Waals surface area contributed by atoms with E-state index in [4.69, 9.17) is 14.2 Å². The lowest BCUT2D eigenvalue weighted by molar-refractivity contribution is -0.145. The number of hydrogen-bond acceptors (Lipinski definition) is 6. The van der Waals surface area contributed by atoms with Gasteiger partial charge in [0.2, 0.25) is 0 Å². The maximum Gasteiger partial charge on any atom is 0.273 e. The predicted octanol–water partition coefficient (Wildman–Crippen LogP) is 1.92. The first-order valence-electron chi connectivity index (χ1n) is 8.62. The van der Waals surface area contributed by atoms with Crippen molar-refractivity contribution in [2.75, 3.05) is 20.3 Å². The van der Waals surface area contributed by atoms with Crippen LogP contribution >= 0.6 is 0 Å². The summed E-state index contributed by atoms with van der Waals surface area (Å²) in [6.45, 7) is 7.58. The minimum absolute atomic E-state index is 0.246. The minimum Gasteiger partial charge on any atom is -0.496 e. The lowest BCUT2D eigenvalue weighted by Crippen LogP contribution is -2.24. The number of amides is 1. The molecule has 0 aliphatic heterocycles. The molecule has 8 heteroatoms. The van der Waals surface area contributed by atoms with Gasteiger partial charge >= 0.3 is 0 Å². The van der Waals surface area contributed by atoms with E-state index >= 15 is 0 Å². The van der Waals surface area contributed by atoms with Gasteiger partial charge in [-0.25, -0.2) is 4.68 Å². The van der Waals surface area contributed by atoms with E-state index in [-0.39, 0.29) is 11.6 Å². The average Bonchev–Trinajstić information content (AvgIpc) is 3.10. The maximum absolute atomic E-state index is 12.3. The summed E-state index contributed by atoms with van der Waals surface area (Å²) in [5, 5.41) is 10.7. The molecule has 2 aromatic rings. The van der Waals surface area contributed by atoms with Crippen molar-refractivity contribution in [3.8, 4) is 5.75 Å². The molecule has 2 rings (SSSR count). The SMILES string of the molecule is CCOC(Cn1cc(C(=O)NCc2ccc(C)c(OC)c2)nn1)OCC. The van der Waals surface area contributed by atoms with Crippen molar-refractivity contribution in [1.29, 1.82) is 0 Å². The molecule has 0 atom stereocenters. The fourth-order valence-electron chi connectivity index (χ4n) is 2.42. The smallest absolute Gasteiger partial charge is 0.273 e. The van der Waals surface area contributed by atoms with E-state index in [1.54, 1.807) is 18.0 Å². The predicted molar refractivity (Wildman–Crippen MR) is 96.0 cm³/mol. The lowest BCUT2D eigenvalue weighted by Gasteiger charge is -2.16. The van der Waals surface area contributed by atoms with Crippen LogP contribution in [-0.4, -0.2) is 47.5 Å². The number of aromatic nitrogens is 3. The van der Waals surface area contributed by atoms with Gasteiger partial charge in [0.25, 0.3) is 5.91 Å². The third kappa shape index (κ3) is 5.53. The summed E-state index contributed by atoms with van der Waals surface area (Å²) >= 11 is 0. The molecule has 1 amide bonds. The highest BCUT2D eigenvalue weighted by Gasteiger charge is 2.14. The number of nitrogens with one attached hydrogen (secondary N) is 1. The molecule has 1 aromatic heterocycles. The summed E-state index contributed by atoms with van der Waals surface area (Å²) in [6, 6.07) is 5.81. The van der Waals surface area contributed by atoms with Gasteiger partial charge in [0, 0.05) is 19.8 Å².